The number of phenolic OH excluding ortho intramolecular Hbond substituents is 1. The van der Waals surface area contributed by atoms with E-state index in [4.69, 9.17) is 42.1 Å². The van der Waals surface area contributed by atoms with E-state index in [0.29, 0.717) is 22.3 Å². The average Bonchev–Trinajstić information content (AvgIpc) is 3.23. The van der Waals surface area contributed by atoms with E-state index in [1.165, 1.54) is 31.2 Å². The van der Waals surface area contributed by atoms with Gasteiger partial charge in [0.15, 0.2) is 5.60 Å². The summed E-state index contributed by atoms with van der Waals surface area (Å²) in [5.74, 6) is -1.09. The molecule has 3 aromatic carbocycles. The highest BCUT2D eigenvalue weighted by Crippen LogP contribution is 2.58. The second-order valence-corrected chi connectivity index (χ2v) is 10.7. The molecule has 0 radical (unpaired) electrons. The number of carbonyl (C=O) groups excluding carboxylic acids is 2. The predicted octanol–water partition coefficient (Wildman–Crippen LogP) is 2.59. The quantitative estimate of drug-likeness (QED) is 0.280. The Morgan fingerprint density at radius 3 is 2.41 bits per heavy atom. The normalized spacial score (nSPS) is 27.8. The number of esters is 1. The van der Waals surface area contributed by atoms with Crippen LogP contribution in [-0.2, 0) is 19.9 Å². The van der Waals surface area contributed by atoms with Gasteiger partial charge in [0.25, 0.3) is 0 Å². The van der Waals surface area contributed by atoms with E-state index in [-0.39, 0.29) is 33.0 Å². The number of ether oxygens (including phenoxy) is 4. The molecule has 214 valence electrons. The van der Waals surface area contributed by atoms with Crippen molar-refractivity contribution in [2.75, 3.05) is 6.61 Å². The number of aliphatic hydroxyl groups is 3. The minimum absolute atomic E-state index is 0.0132. The lowest BCUT2D eigenvalue weighted by Crippen LogP contribution is -2.65. The predicted molar refractivity (Wildman–Crippen MR) is 142 cm³/mol. The Balaban J connectivity index is 1.48. The Morgan fingerprint density at radius 1 is 1.02 bits per heavy atom. The molecule has 11 nitrogen and oxygen atoms in total. The zero-order valence-electron chi connectivity index (χ0n) is 21.2. The Labute approximate surface area is 242 Å². The number of fused-ring (bicyclic) bond motifs is 6. The van der Waals surface area contributed by atoms with E-state index < -0.39 is 54.7 Å². The van der Waals surface area contributed by atoms with Crippen molar-refractivity contribution in [2.24, 2.45) is 0 Å². The summed E-state index contributed by atoms with van der Waals surface area (Å²) in [4.78, 5) is 24.9. The number of hydrogen-bond donors (Lipinski definition) is 5. The van der Waals surface area contributed by atoms with Crippen LogP contribution in [0.4, 0.5) is 0 Å². The number of nitrogens with one attached hydrogen (secondary N) is 1. The van der Waals surface area contributed by atoms with Crippen LogP contribution in [0.15, 0.2) is 48.5 Å². The summed E-state index contributed by atoms with van der Waals surface area (Å²) < 4.78 is 23.8. The van der Waals surface area contributed by atoms with Crippen LogP contribution in [0.5, 0.6) is 23.0 Å². The average molecular weight is 604 g/mol. The molecule has 6 rings (SSSR count). The Morgan fingerprint density at radius 2 is 1.71 bits per heavy atom. The summed E-state index contributed by atoms with van der Waals surface area (Å²) in [6, 6.07) is 11.2. The van der Waals surface area contributed by atoms with Crippen molar-refractivity contribution in [1.82, 2.24) is 5.32 Å². The highest BCUT2D eigenvalue weighted by molar-refractivity contribution is 6.32. The fraction of sp³-hybridized carbons (Fsp3) is 0.286. The lowest BCUT2D eigenvalue weighted by atomic mass is 9.77. The van der Waals surface area contributed by atoms with E-state index in [1.54, 1.807) is 24.3 Å². The molecule has 3 heterocycles. The number of rotatable bonds is 4. The summed E-state index contributed by atoms with van der Waals surface area (Å²) in [7, 11) is 0. The van der Waals surface area contributed by atoms with Gasteiger partial charge in [0.2, 0.25) is 12.2 Å². The Bertz CT molecular complexity index is 1580. The van der Waals surface area contributed by atoms with Gasteiger partial charge in [-0.2, -0.15) is 0 Å². The minimum atomic E-state index is -1.54. The van der Waals surface area contributed by atoms with Gasteiger partial charge in [0, 0.05) is 35.7 Å². The standard InChI is InChI=1S/C28H23Cl2NO10/c1-11(33)31-23-25(36)24(35)22(10-32)40-27(23)39-21-9-20-15(7-17(21)30)28(13-5-3-2-4-12(13)26(37)41-28)14-6-16(29)18(34)8-19(14)38-20/h2-9,22-25,27,32,34-36H,10H2,1H3,(H,31,33)/t22-,23-,24-,25-,27-,28?/m1/s1. The third kappa shape index (κ3) is 4.28. The van der Waals surface area contributed by atoms with Gasteiger partial charge in [0.05, 0.1) is 22.2 Å². The highest BCUT2D eigenvalue weighted by atomic mass is 35.5. The largest absolute Gasteiger partial charge is 0.506 e. The number of benzene rings is 3. The van der Waals surface area contributed by atoms with Gasteiger partial charge in [-0.05, 0) is 18.2 Å². The van der Waals surface area contributed by atoms with Crippen molar-refractivity contribution >= 4 is 35.1 Å². The molecule has 13 heteroatoms. The molecule has 1 fully saturated rings. The lowest BCUT2D eigenvalue weighted by Gasteiger charge is -2.42. The van der Waals surface area contributed by atoms with Crippen LogP contribution in [0.25, 0.3) is 0 Å². The lowest BCUT2D eigenvalue weighted by molar-refractivity contribution is -0.244. The van der Waals surface area contributed by atoms with Crippen LogP contribution in [0.3, 0.4) is 0 Å². The third-order valence-corrected chi connectivity index (χ3v) is 7.93. The van der Waals surface area contributed by atoms with Crippen molar-refractivity contribution in [3.05, 3.63) is 80.8 Å². The van der Waals surface area contributed by atoms with Crippen LogP contribution in [-0.4, -0.2) is 69.6 Å². The molecular weight excluding hydrogens is 581 g/mol. The molecule has 5 N–H and O–H groups in total. The maximum atomic E-state index is 13.0. The van der Waals surface area contributed by atoms with E-state index >= 15 is 0 Å². The van der Waals surface area contributed by atoms with E-state index in [9.17, 15) is 30.0 Å². The summed E-state index contributed by atoms with van der Waals surface area (Å²) >= 11 is 13.0. The van der Waals surface area contributed by atoms with Crippen LogP contribution in [0.1, 0.15) is 34.0 Å². The van der Waals surface area contributed by atoms with Gasteiger partial charge < -0.3 is 44.7 Å². The van der Waals surface area contributed by atoms with Crippen LogP contribution in [0.2, 0.25) is 10.0 Å². The maximum Gasteiger partial charge on any atom is 0.340 e. The fourth-order valence-electron chi connectivity index (χ4n) is 5.46. The molecular formula is C28H23Cl2NO10. The molecule has 41 heavy (non-hydrogen) atoms. The molecule has 3 aliphatic heterocycles. The topological polar surface area (TPSA) is 164 Å². The van der Waals surface area contributed by atoms with Crippen molar-refractivity contribution < 1.29 is 49.0 Å². The fourth-order valence-corrected chi connectivity index (χ4v) is 5.84. The van der Waals surface area contributed by atoms with Crippen LogP contribution in [0, 0.1) is 0 Å². The van der Waals surface area contributed by atoms with Crippen LogP contribution < -0.4 is 14.8 Å². The number of amides is 1. The Kier molecular flexibility index (Phi) is 6.76. The van der Waals surface area contributed by atoms with E-state index in [1.807, 2.05) is 0 Å². The molecule has 0 bridgehead atoms. The third-order valence-electron chi connectivity index (χ3n) is 7.33. The van der Waals surface area contributed by atoms with Gasteiger partial charge in [0.1, 0.15) is 47.4 Å². The molecule has 1 saturated heterocycles. The van der Waals surface area contributed by atoms with Crippen molar-refractivity contribution in [3.8, 4) is 23.0 Å². The minimum Gasteiger partial charge on any atom is -0.506 e. The van der Waals surface area contributed by atoms with Gasteiger partial charge in [-0.3, -0.25) is 4.79 Å². The summed E-state index contributed by atoms with van der Waals surface area (Å²) in [5, 5.41) is 43.4. The number of halogens is 2. The number of carbonyl (C=O) groups is 2. The second-order valence-electron chi connectivity index (χ2n) is 9.85. The van der Waals surface area contributed by atoms with Crippen molar-refractivity contribution in [1.29, 1.82) is 0 Å². The zero-order valence-corrected chi connectivity index (χ0v) is 22.7. The molecule has 6 atom stereocenters. The Hall–Kier alpha value is -3.58. The molecule has 1 unspecified atom stereocenters. The van der Waals surface area contributed by atoms with E-state index in [0.717, 1.165) is 0 Å². The monoisotopic (exact) mass is 603 g/mol. The zero-order chi connectivity index (χ0) is 29.2. The first kappa shape index (κ1) is 27.6. The SMILES string of the molecule is CC(=O)N[C@H]1[C@H](Oc2cc3c(cc2Cl)C2(OC(=O)c4ccccc42)c2cc(Cl)c(O)cc2O3)O[C@H](CO)[C@@H](O)[C@@H]1O. The highest BCUT2D eigenvalue weighted by Gasteiger charge is 2.54. The molecule has 3 aromatic rings. The van der Waals surface area contributed by atoms with Crippen molar-refractivity contribution in [2.45, 2.75) is 43.2 Å². The first-order valence-corrected chi connectivity index (χ1v) is 13.2. The number of aliphatic hydroxyl groups excluding tert-OH is 3. The summed E-state index contributed by atoms with van der Waals surface area (Å²) in [6.07, 6.45) is -5.65. The maximum absolute atomic E-state index is 13.0. The van der Waals surface area contributed by atoms with Crippen molar-refractivity contribution in [3.63, 3.8) is 0 Å². The second kappa shape index (κ2) is 10.1. The summed E-state index contributed by atoms with van der Waals surface area (Å²) in [6.45, 7) is 0.579. The van der Waals surface area contributed by atoms with Gasteiger partial charge in [-0.1, -0.05) is 41.4 Å². The molecule has 3 aliphatic rings. The summed E-state index contributed by atoms with van der Waals surface area (Å²) in [5.41, 5.74) is 0.00213. The van der Waals surface area contributed by atoms with E-state index in [2.05, 4.69) is 5.32 Å². The smallest absolute Gasteiger partial charge is 0.340 e. The molecule has 1 amide bonds. The number of aromatic hydroxyl groups is 1. The number of phenols is 1. The van der Waals surface area contributed by atoms with Gasteiger partial charge in [-0.25, -0.2) is 4.79 Å². The van der Waals surface area contributed by atoms with Gasteiger partial charge >= 0.3 is 5.97 Å². The molecule has 1 spiro atoms. The first-order valence-electron chi connectivity index (χ1n) is 12.5. The molecule has 0 aromatic heterocycles. The van der Waals surface area contributed by atoms with Crippen LogP contribution >= 0.6 is 23.2 Å². The van der Waals surface area contributed by atoms with Gasteiger partial charge in [-0.15, -0.1) is 0 Å². The number of hydrogen-bond acceptors (Lipinski definition) is 10. The molecule has 0 aliphatic carbocycles. The molecule has 0 saturated carbocycles. The first-order chi connectivity index (χ1) is 19.5.